The zero-order chi connectivity index (χ0) is 14.5. The highest BCUT2D eigenvalue weighted by atomic mass is 79.9. The van der Waals surface area contributed by atoms with Crippen molar-refractivity contribution in [3.8, 4) is 0 Å². The van der Waals surface area contributed by atoms with Crippen molar-refractivity contribution >= 4 is 32.0 Å². The minimum absolute atomic E-state index is 0.0702. The number of rotatable bonds is 5. The maximum atomic E-state index is 11.9. The number of nitrogens with one attached hydrogen (secondary N) is 2. The highest BCUT2D eigenvalue weighted by Crippen LogP contribution is 2.13. The molecule has 19 heavy (non-hydrogen) atoms. The molecule has 106 valence electrons. The Labute approximate surface area is 120 Å². The molecule has 0 aliphatic heterocycles. The van der Waals surface area contributed by atoms with E-state index in [9.17, 15) is 13.2 Å². The lowest BCUT2D eigenvalue weighted by atomic mass is 10.5. The maximum Gasteiger partial charge on any atom is 0.316 e. The lowest BCUT2D eigenvalue weighted by molar-refractivity contribution is 0.217. The van der Waals surface area contributed by atoms with Crippen LogP contribution in [0.4, 0.5) is 4.79 Å². The van der Waals surface area contributed by atoms with Crippen molar-refractivity contribution in [2.24, 2.45) is 0 Å². The molecule has 0 aliphatic carbocycles. The third-order valence-electron chi connectivity index (χ3n) is 2.09. The number of halogens is 1. The number of carbonyl (C=O) groups excluding carboxylic acids is 1. The molecule has 1 aromatic rings. The first kappa shape index (κ1) is 15.9. The van der Waals surface area contributed by atoms with Crippen LogP contribution in [0, 0.1) is 0 Å². The molecule has 0 unspecified atom stereocenters. The third-order valence-corrected chi connectivity index (χ3v) is 3.95. The second-order valence-corrected chi connectivity index (χ2v) is 6.55. The van der Waals surface area contributed by atoms with Gasteiger partial charge >= 0.3 is 6.03 Å². The van der Waals surface area contributed by atoms with Crippen LogP contribution in [0.5, 0.6) is 0 Å². The number of pyridine rings is 1. The fourth-order valence-electron chi connectivity index (χ4n) is 1.14. The molecule has 1 rings (SSSR count). The predicted octanol–water partition coefficient (Wildman–Crippen LogP) is 0.394. The van der Waals surface area contributed by atoms with Gasteiger partial charge in [0.1, 0.15) is 4.90 Å². The summed E-state index contributed by atoms with van der Waals surface area (Å²) in [6.07, 6.45) is 2.75. The SMILES string of the molecule is CN(C)C(=O)NCCNS(=O)(=O)c1cncc(Br)c1. The molecule has 2 amide bonds. The molecule has 0 aliphatic rings. The first-order valence-electron chi connectivity index (χ1n) is 5.38. The number of hydrogen-bond acceptors (Lipinski definition) is 4. The van der Waals surface area contributed by atoms with Crippen LogP contribution >= 0.6 is 15.9 Å². The van der Waals surface area contributed by atoms with Gasteiger partial charge in [0.25, 0.3) is 0 Å². The lowest BCUT2D eigenvalue weighted by Crippen LogP contribution is -2.39. The molecule has 0 spiro atoms. The standard InChI is InChI=1S/C10H15BrN4O3S/c1-15(2)10(16)13-3-4-14-19(17,18)9-5-8(11)6-12-7-9/h5-7,14H,3-4H2,1-2H3,(H,13,16). The van der Waals surface area contributed by atoms with Crippen LogP contribution in [0.2, 0.25) is 0 Å². The average molecular weight is 351 g/mol. The van der Waals surface area contributed by atoms with Gasteiger partial charge < -0.3 is 10.2 Å². The Balaban J connectivity index is 2.51. The van der Waals surface area contributed by atoms with E-state index in [1.165, 1.54) is 23.4 Å². The normalized spacial score (nSPS) is 11.1. The molecule has 0 atom stereocenters. The van der Waals surface area contributed by atoms with Gasteiger partial charge in [-0.1, -0.05) is 0 Å². The summed E-state index contributed by atoms with van der Waals surface area (Å²) >= 11 is 3.15. The molecule has 0 radical (unpaired) electrons. The number of aromatic nitrogens is 1. The minimum atomic E-state index is -3.61. The Kier molecular flexibility index (Phi) is 5.70. The van der Waals surface area contributed by atoms with E-state index in [1.807, 2.05) is 0 Å². The largest absolute Gasteiger partial charge is 0.337 e. The quantitative estimate of drug-likeness (QED) is 0.751. The zero-order valence-electron chi connectivity index (χ0n) is 10.6. The molecule has 0 saturated carbocycles. The van der Waals surface area contributed by atoms with E-state index in [1.54, 1.807) is 14.1 Å². The highest BCUT2D eigenvalue weighted by Gasteiger charge is 2.14. The third kappa shape index (κ3) is 5.13. The number of sulfonamides is 1. The molecule has 7 nitrogen and oxygen atoms in total. The van der Waals surface area contributed by atoms with Crippen molar-refractivity contribution in [1.82, 2.24) is 19.9 Å². The van der Waals surface area contributed by atoms with Crippen LogP contribution in [0.1, 0.15) is 0 Å². The van der Waals surface area contributed by atoms with Gasteiger partial charge in [0.05, 0.1) is 0 Å². The highest BCUT2D eigenvalue weighted by molar-refractivity contribution is 9.10. The molecule has 0 saturated heterocycles. The Bertz CT molecular complexity index is 547. The van der Waals surface area contributed by atoms with E-state index in [-0.39, 0.29) is 24.0 Å². The zero-order valence-corrected chi connectivity index (χ0v) is 13.0. The van der Waals surface area contributed by atoms with Crippen LogP contribution in [0.3, 0.4) is 0 Å². The van der Waals surface area contributed by atoms with Crippen molar-refractivity contribution in [2.75, 3.05) is 27.2 Å². The summed E-state index contributed by atoms with van der Waals surface area (Å²) in [6, 6.07) is 1.18. The van der Waals surface area contributed by atoms with Gasteiger partial charge in [-0.05, 0) is 22.0 Å². The van der Waals surface area contributed by atoms with E-state index in [0.29, 0.717) is 4.47 Å². The number of hydrogen-bond donors (Lipinski definition) is 2. The predicted molar refractivity (Wildman–Crippen MR) is 74.2 cm³/mol. The molecule has 2 N–H and O–H groups in total. The topological polar surface area (TPSA) is 91.4 Å². The van der Waals surface area contributed by atoms with Crippen LogP contribution < -0.4 is 10.0 Å². The number of nitrogens with zero attached hydrogens (tertiary/aromatic N) is 2. The fourth-order valence-corrected chi connectivity index (χ4v) is 2.67. The average Bonchev–Trinajstić information content (AvgIpc) is 2.34. The van der Waals surface area contributed by atoms with Gasteiger partial charge in [0.2, 0.25) is 10.0 Å². The van der Waals surface area contributed by atoms with Crippen LogP contribution in [-0.2, 0) is 10.0 Å². The Morgan fingerprint density at radius 1 is 1.37 bits per heavy atom. The molecule has 0 fully saturated rings. The smallest absolute Gasteiger partial charge is 0.316 e. The van der Waals surface area contributed by atoms with Gasteiger partial charge in [0, 0.05) is 44.1 Å². The van der Waals surface area contributed by atoms with E-state index in [0.717, 1.165) is 0 Å². The maximum absolute atomic E-state index is 11.9. The summed E-state index contributed by atoms with van der Waals surface area (Å²) < 4.78 is 26.7. The lowest BCUT2D eigenvalue weighted by Gasteiger charge is -2.12. The summed E-state index contributed by atoms with van der Waals surface area (Å²) in [5.74, 6) is 0. The van der Waals surface area contributed by atoms with Crippen LogP contribution in [-0.4, -0.2) is 51.5 Å². The van der Waals surface area contributed by atoms with Crippen LogP contribution in [0.25, 0.3) is 0 Å². The summed E-state index contributed by atoms with van der Waals surface area (Å²) in [5, 5.41) is 2.55. The van der Waals surface area contributed by atoms with Gasteiger partial charge in [-0.15, -0.1) is 0 Å². The Morgan fingerprint density at radius 3 is 2.63 bits per heavy atom. The summed E-state index contributed by atoms with van der Waals surface area (Å²) in [4.78, 5) is 16.4. The molecule has 1 aromatic heterocycles. The van der Waals surface area contributed by atoms with E-state index in [4.69, 9.17) is 0 Å². The second kappa shape index (κ2) is 6.83. The fraction of sp³-hybridized carbons (Fsp3) is 0.400. The second-order valence-electron chi connectivity index (χ2n) is 3.86. The van der Waals surface area contributed by atoms with E-state index < -0.39 is 10.0 Å². The number of amides is 2. The first-order valence-corrected chi connectivity index (χ1v) is 7.66. The minimum Gasteiger partial charge on any atom is -0.337 e. The van der Waals surface area contributed by atoms with Gasteiger partial charge in [-0.2, -0.15) is 0 Å². The van der Waals surface area contributed by atoms with Crippen molar-refractivity contribution in [3.05, 3.63) is 22.9 Å². The number of carbonyl (C=O) groups is 1. The van der Waals surface area contributed by atoms with E-state index >= 15 is 0 Å². The summed E-state index contributed by atoms with van der Waals surface area (Å²) in [7, 11) is -0.401. The number of urea groups is 1. The summed E-state index contributed by atoms with van der Waals surface area (Å²) in [5.41, 5.74) is 0. The Morgan fingerprint density at radius 2 is 2.05 bits per heavy atom. The van der Waals surface area contributed by atoms with Crippen molar-refractivity contribution < 1.29 is 13.2 Å². The monoisotopic (exact) mass is 350 g/mol. The van der Waals surface area contributed by atoms with Gasteiger partial charge in [-0.3, -0.25) is 4.98 Å². The van der Waals surface area contributed by atoms with Crippen molar-refractivity contribution in [2.45, 2.75) is 4.90 Å². The van der Waals surface area contributed by atoms with Gasteiger partial charge in [-0.25, -0.2) is 17.9 Å². The molecule has 0 bridgehead atoms. The van der Waals surface area contributed by atoms with Crippen molar-refractivity contribution in [3.63, 3.8) is 0 Å². The molecular formula is C10H15BrN4O3S. The van der Waals surface area contributed by atoms with Crippen LogP contribution in [0.15, 0.2) is 27.8 Å². The summed E-state index contributed by atoms with van der Waals surface area (Å²) in [6.45, 7) is 0.312. The van der Waals surface area contributed by atoms with Gasteiger partial charge in [0.15, 0.2) is 0 Å². The molecule has 0 aromatic carbocycles. The molecule has 1 heterocycles. The van der Waals surface area contributed by atoms with E-state index in [2.05, 4.69) is 31.0 Å². The molecule has 9 heteroatoms. The Hall–Kier alpha value is -1.19. The molecular weight excluding hydrogens is 336 g/mol. The first-order chi connectivity index (χ1) is 8.83. The van der Waals surface area contributed by atoms with Crippen molar-refractivity contribution in [1.29, 1.82) is 0 Å².